The summed E-state index contributed by atoms with van der Waals surface area (Å²) in [5.41, 5.74) is 0.562. The molecule has 1 fully saturated rings. The van der Waals surface area contributed by atoms with Crippen LogP contribution in [0.15, 0.2) is 18.2 Å². The third-order valence-electron chi connectivity index (χ3n) is 3.92. The zero-order valence-corrected chi connectivity index (χ0v) is 12.4. The van der Waals surface area contributed by atoms with E-state index in [1.165, 1.54) is 12.8 Å². The average molecular weight is 277 g/mol. The molecule has 4 nitrogen and oxygen atoms in total. The number of hydrogen-bond donors (Lipinski definition) is 1. The van der Waals surface area contributed by atoms with Crippen molar-refractivity contribution in [3.8, 4) is 11.5 Å². The highest BCUT2D eigenvalue weighted by atomic mass is 16.5. The second kappa shape index (κ2) is 6.64. The fourth-order valence-electron chi connectivity index (χ4n) is 2.81. The Kier molecular flexibility index (Phi) is 4.88. The number of carbonyl (C=O) groups excluding carboxylic acids is 1. The van der Waals surface area contributed by atoms with Crippen molar-refractivity contribution in [3.05, 3.63) is 23.8 Å². The van der Waals surface area contributed by atoms with Gasteiger partial charge in [-0.05, 0) is 30.9 Å². The maximum absolute atomic E-state index is 12.4. The minimum absolute atomic E-state index is 0.0661. The van der Waals surface area contributed by atoms with E-state index in [2.05, 4.69) is 12.2 Å². The third-order valence-corrected chi connectivity index (χ3v) is 3.92. The van der Waals surface area contributed by atoms with Crippen LogP contribution in [0.2, 0.25) is 0 Å². The molecule has 1 saturated carbocycles. The van der Waals surface area contributed by atoms with Crippen LogP contribution in [0, 0.1) is 5.92 Å². The van der Waals surface area contributed by atoms with Gasteiger partial charge in [-0.2, -0.15) is 0 Å². The molecular formula is C16H23NO3. The highest BCUT2D eigenvalue weighted by Gasteiger charge is 2.22. The maximum atomic E-state index is 12.4. The van der Waals surface area contributed by atoms with Crippen molar-refractivity contribution in [2.75, 3.05) is 14.2 Å². The predicted molar refractivity (Wildman–Crippen MR) is 78.4 cm³/mol. The smallest absolute Gasteiger partial charge is 0.255 e. The van der Waals surface area contributed by atoms with Crippen LogP contribution in [0.5, 0.6) is 11.5 Å². The van der Waals surface area contributed by atoms with Crippen LogP contribution < -0.4 is 14.8 Å². The fraction of sp³-hybridized carbons (Fsp3) is 0.562. The maximum Gasteiger partial charge on any atom is 0.255 e. The van der Waals surface area contributed by atoms with Crippen LogP contribution in [-0.4, -0.2) is 26.2 Å². The van der Waals surface area contributed by atoms with E-state index >= 15 is 0 Å². The lowest BCUT2D eigenvalue weighted by Gasteiger charge is -2.27. The van der Waals surface area contributed by atoms with E-state index in [0.29, 0.717) is 23.0 Å². The van der Waals surface area contributed by atoms with Gasteiger partial charge in [0.2, 0.25) is 0 Å². The Morgan fingerprint density at radius 1 is 1.25 bits per heavy atom. The van der Waals surface area contributed by atoms with E-state index in [-0.39, 0.29) is 11.9 Å². The van der Waals surface area contributed by atoms with Gasteiger partial charge in [0, 0.05) is 12.1 Å². The van der Waals surface area contributed by atoms with Crippen molar-refractivity contribution in [1.29, 1.82) is 0 Å². The van der Waals surface area contributed by atoms with E-state index in [0.717, 1.165) is 12.8 Å². The largest absolute Gasteiger partial charge is 0.497 e. The summed E-state index contributed by atoms with van der Waals surface area (Å²) in [5, 5.41) is 3.12. The summed E-state index contributed by atoms with van der Waals surface area (Å²) >= 11 is 0. The molecule has 4 heteroatoms. The van der Waals surface area contributed by atoms with Gasteiger partial charge in [-0.3, -0.25) is 4.79 Å². The van der Waals surface area contributed by atoms with Crippen molar-refractivity contribution in [2.24, 2.45) is 5.92 Å². The molecule has 110 valence electrons. The molecule has 1 aromatic rings. The zero-order chi connectivity index (χ0) is 14.5. The Hall–Kier alpha value is -1.71. The summed E-state index contributed by atoms with van der Waals surface area (Å²) in [7, 11) is 3.16. The number of rotatable bonds is 4. The molecule has 0 saturated heterocycles. The average Bonchev–Trinajstić information content (AvgIpc) is 2.46. The van der Waals surface area contributed by atoms with Crippen molar-refractivity contribution in [3.63, 3.8) is 0 Å². The lowest BCUT2D eigenvalue weighted by Crippen LogP contribution is -2.38. The van der Waals surface area contributed by atoms with Gasteiger partial charge in [0.15, 0.2) is 0 Å². The molecule has 1 aliphatic carbocycles. The van der Waals surface area contributed by atoms with Gasteiger partial charge in [-0.15, -0.1) is 0 Å². The number of amides is 1. The topological polar surface area (TPSA) is 47.6 Å². The van der Waals surface area contributed by atoms with E-state index in [4.69, 9.17) is 9.47 Å². The summed E-state index contributed by atoms with van der Waals surface area (Å²) in [6.45, 7) is 2.24. The summed E-state index contributed by atoms with van der Waals surface area (Å²) in [6, 6.07) is 5.54. The molecule has 0 radical (unpaired) electrons. The first kappa shape index (κ1) is 14.7. The minimum atomic E-state index is -0.0661. The number of ether oxygens (including phenoxy) is 2. The van der Waals surface area contributed by atoms with Gasteiger partial charge >= 0.3 is 0 Å². The predicted octanol–water partition coefficient (Wildman–Crippen LogP) is 3.01. The van der Waals surface area contributed by atoms with E-state index < -0.39 is 0 Å². The molecule has 0 spiro atoms. The minimum Gasteiger partial charge on any atom is -0.497 e. The number of hydrogen-bond acceptors (Lipinski definition) is 3. The molecule has 20 heavy (non-hydrogen) atoms. The Morgan fingerprint density at radius 2 is 2.05 bits per heavy atom. The molecule has 2 atom stereocenters. The monoisotopic (exact) mass is 277 g/mol. The molecule has 1 N–H and O–H groups in total. The Labute approximate surface area is 120 Å². The number of methoxy groups -OCH3 is 2. The van der Waals surface area contributed by atoms with Crippen molar-refractivity contribution >= 4 is 5.91 Å². The van der Waals surface area contributed by atoms with Gasteiger partial charge in [-0.1, -0.05) is 19.8 Å². The zero-order valence-electron chi connectivity index (χ0n) is 12.4. The first-order valence-corrected chi connectivity index (χ1v) is 7.17. The summed E-state index contributed by atoms with van der Waals surface area (Å²) in [6.07, 6.45) is 4.57. The molecule has 0 aliphatic heterocycles. The van der Waals surface area contributed by atoms with Crippen LogP contribution in [0.3, 0.4) is 0 Å². The molecule has 1 amide bonds. The summed E-state index contributed by atoms with van der Waals surface area (Å²) in [4.78, 5) is 12.4. The van der Waals surface area contributed by atoms with Crippen molar-refractivity contribution in [1.82, 2.24) is 5.32 Å². The first-order chi connectivity index (χ1) is 9.63. The summed E-state index contributed by atoms with van der Waals surface area (Å²) < 4.78 is 10.4. The standard InChI is InChI=1S/C16H23NO3/c1-11-5-4-6-12(9-11)17-16(18)14-8-7-13(19-2)10-15(14)20-3/h7-8,10-12H,4-6,9H2,1-3H3,(H,17,18). The SMILES string of the molecule is COc1ccc(C(=O)NC2CCCC(C)C2)c(OC)c1. The van der Waals surface area contributed by atoms with Crippen LogP contribution in [0.1, 0.15) is 43.0 Å². The molecular weight excluding hydrogens is 254 g/mol. The van der Waals surface area contributed by atoms with Crippen molar-refractivity contribution < 1.29 is 14.3 Å². The third kappa shape index (κ3) is 3.44. The van der Waals surface area contributed by atoms with Gasteiger partial charge in [0.1, 0.15) is 11.5 Å². The Balaban J connectivity index is 2.08. The quantitative estimate of drug-likeness (QED) is 0.920. The molecule has 1 aromatic carbocycles. The van der Waals surface area contributed by atoms with Gasteiger partial charge in [0.25, 0.3) is 5.91 Å². The molecule has 0 aromatic heterocycles. The van der Waals surface area contributed by atoms with Crippen LogP contribution in [0.25, 0.3) is 0 Å². The Morgan fingerprint density at radius 3 is 2.70 bits per heavy atom. The van der Waals surface area contributed by atoms with Crippen molar-refractivity contribution in [2.45, 2.75) is 38.6 Å². The number of benzene rings is 1. The van der Waals surface area contributed by atoms with E-state index in [1.807, 2.05) is 0 Å². The molecule has 0 heterocycles. The molecule has 2 unspecified atom stereocenters. The second-order valence-corrected chi connectivity index (χ2v) is 5.51. The molecule has 2 rings (SSSR count). The highest BCUT2D eigenvalue weighted by molar-refractivity contribution is 5.97. The van der Waals surface area contributed by atoms with Gasteiger partial charge < -0.3 is 14.8 Å². The van der Waals surface area contributed by atoms with Crippen LogP contribution >= 0.6 is 0 Å². The van der Waals surface area contributed by atoms with Gasteiger partial charge in [-0.25, -0.2) is 0 Å². The van der Waals surface area contributed by atoms with Crippen LogP contribution in [-0.2, 0) is 0 Å². The highest BCUT2D eigenvalue weighted by Crippen LogP contribution is 2.26. The molecule has 0 bridgehead atoms. The van der Waals surface area contributed by atoms with E-state index in [1.54, 1.807) is 32.4 Å². The Bertz CT molecular complexity index is 473. The lowest BCUT2D eigenvalue weighted by molar-refractivity contribution is 0.0918. The fourth-order valence-corrected chi connectivity index (χ4v) is 2.81. The first-order valence-electron chi connectivity index (χ1n) is 7.17. The molecule has 1 aliphatic rings. The second-order valence-electron chi connectivity index (χ2n) is 5.51. The lowest BCUT2D eigenvalue weighted by atomic mass is 9.87. The van der Waals surface area contributed by atoms with Gasteiger partial charge in [0.05, 0.1) is 19.8 Å². The number of carbonyl (C=O) groups is 1. The number of nitrogens with one attached hydrogen (secondary N) is 1. The summed E-state index contributed by atoms with van der Waals surface area (Å²) in [5.74, 6) is 1.85. The van der Waals surface area contributed by atoms with Crippen LogP contribution in [0.4, 0.5) is 0 Å². The van der Waals surface area contributed by atoms with E-state index in [9.17, 15) is 4.79 Å². The normalized spacial score (nSPS) is 22.1.